The Morgan fingerprint density at radius 2 is 2.19 bits per heavy atom. The van der Waals surface area contributed by atoms with Crippen molar-refractivity contribution in [1.29, 1.82) is 0 Å². The summed E-state index contributed by atoms with van der Waals surface area (Å²) in [6.45, 7) is 1.79. The third kappa shape index (κ3) is 4.13. The Hall–Kier alpha value is -2.21. The SMILES string of the molecule is Cc1cc(/C=C/C(=O)O)cnc1Oc1ccc(F)c(Br)c1. The first-order valence-electron chi connectivity index (χ1n) is 5.96. The normalized spacial score (nSPS) is 10.8. The van der Waals surface area contributed by atoms with Gasteiger partial charge >= 0.3 is 5.97 Å². The van der Waals surface area contributed by atoms with Gasteiger partial charge in [0.15, 0.2) is 0 Å². The molecule has 0 radical (unpaired) electrons. The molecule has 1 N–H and O–H groups in total. The molecule has 2 rings (SSSR count). The molecule has 0 bridgehead atoms. The molecule has 0 spiro atoms. The van der Waals surface area contributed by atoms with Crippen LogP contribution >= 0.6 is 15.9 Å². The van der Waals surface area contributed by atoms with E-state index in [-0.39, 0.29) is 5.82 Å². The number of aliphatic carboxylic acids is 1. The van der Waals surface area contributed by atoms with Crippen molar-refractivity contribution in [3.05, 3.63) is 58.0 Å². The maximum atomic E-state index is 13.1. The van der Waals surface area contributed by atoms with Crippen molar-refractivity contribution in [3.8, 4) is 11.6 Å². The quantitative estimate of drug-likeness (QED) is 0.839. The van der Waals surface area contributed by atoms with Crippen molar-refractivity contribution in [2.24, 2.45) is 0 Å². The topological polar surface area (TPSA) is 59.4 Å². The Bertz CT molecular complexity index is 716. The van der Waals surface area contributed by atoms with Gasteiger partial charge in [-0.1, -0.05) is 0 Å². The number of carbonyl (C=O) groups is 1. The second kappa shape index (κ2) is 6.49. The van der Waals surface area contributed by atoms with Crippen LogP contribution in [0.2, 0.25) is 0 Å². The number of pyridine rings is 1. The van der Waals surface area contributed by atoms with Gasteiger partial charge in [-0.2, -0.15) is 0 Å². The lowest BCUT2D eigenvalue weighted by atomic mass is 10.2. The molecule has 1 aromatic carbocycles. The maximum absolute atomic E-state index is 13.1. The molecule has 0 aliphatic rings. The Morgan fingerprint density at radius 3 is 2.81 bits per heavy atom. The summed E-state index contributed by atoms with van der Waals surface area (Å²) in [5, 5.41) is 8.57. The van der Waals surface area contributed by atoms with Crippen LogP contribution in [0.15, 0.2) is 41.0 Å². The van der Waals surface area contributed by atoms with Crippen molar-refractivity contribution < 1.29 is 19.0 Å². The molecule has 0 aliphatic carbocycles. The summed E-state index contributed by atoms with van der Waals surface area (Å²) in [7, 11) is 0. The highest BCUT2D eigenvalue weighted by Crippen LogP contribution is 2.27. The van der Waals surface area contributed by atoms with E-state index in [4.69, 9.17) is 9.84 Å². The van der Waals surface area contributed by atoms with Gasteiger partial charge in [0, 0.05) is 17.8 Å². The van der Waals surface area contributed by atoms with Crippen LogP contribution in [0.1, 0.15) is 11.1 Å². The van der Waals surface area contributed by atoms with Crippen molar-refractivity contribution in [2.45, 2.75) is 6.92 Å². The monoisotopic (exact) mass is 351 g/mol. The van der Waals surface area contributed by atoms with Gasteiger partial charge < -0.3 is 9.84 Å². The number of aromatic nitrogens is 1. The summed E-state index contributed by atoms with van der Waals surface area (Å²) in [6, 6.07) is 6.05. The molecule has 1 heterocycles. The first-order valence-corrected chi connectivity index (χ1v) is 6.75. The van der Waals surface area contributed by atoms with E-state index in [0.29, 0.717) is 21.7 Å². The lowest BCUT2D eigenvalue weighted by Gasteiger charge is -2.08. The summed E-state index contributed by atoms with van der Waals surface area (Å²) in [4.78, 5) is 14.6. The number of carboxylic acid groups (broad SMARTS) is 1. The van der Waals surface area contributed by atoms with E-state index in [2.05, 4.69) is 20.9 Å². The number of halogens is 2. The van der Waals surface area contributed by atoms with E-state index in [1.807, 2.05) is 0 Å². The summed E-state index contributed by atoms with van der Waals surface area (Å²) >= 11 is 3.08. The van der Waals surface area contributed by atoms with Crippen molar-refractivity contribution >= 4 is 28.0 Å². The number of ether oxygens (including phenoxy) is 1. The summed E-state index contributed by atoms with van der Waals surface area (Å²) in [6.07, 6.45) is 3.98. The van der Waals surface area contributed by atoms with Gasteiger partial charge in [0.2, 0.25) is 5.88 Å². The third-order valence-electron chi connectivity index (χ3n) is 2.58. The first-order chi connectivity index (χ1) is 9.95. The minimum Gasteiger partial charge on any atom is -0.478 e. The maximum Gasteiger partial charge on any atom is 0.328 e. The van der Waals surface area contributed by atoms with Gasteiger partial charge in [0.25, 0.3) is 0 Å². The average Bonchev–Trinajstić information content (AvgIpc) is 2.43. The van der Waals surface area contributed by atoms with Crippen LogP contribution in [-0.2, 0) is 4.79 Å². The molecule has 4 nitrogen and oxygen atoms in total. The molecule has 0 fully saturated rings. The number of hydrogen-bond acceptors (Lipinski definition) is 3. The van der Waals surface area contributed by atoms with Crippen LogP contribution in [0, 0.1) is 12.7 Å². The van der Waals surface area contributed by atoms with E-state index in [1.165, 1.54) is 30.5 Å². The second-order valence-electron chi connectivity index (χ2n) is 4.24. The predicted molar refractivity (Wildman–Crippen MR) is 79.8 cm³/mol. The summed E-state index contributed by atoms with van der Waals surface area (Å²) < 4.78 is 19.0. The number of carboxylic acids is 1. The minimum atomic E-state index is -1.02. The summed E-state index contributed by atoms with van der Waals surface area (Å²) in [5.41, 5.74) is 1.39. The molecule has 108 valence electrons. The molecular formula is C15H11BrFNO3. The fourth-order valence-corrected chi connectivity index (χ4v) is 1.96. The van der Waals surface area contributed by atoms with Crippen LogP contribution in [-0.4, -0.2) is 16.1 Å². The summed E-state index contributed by atoms with van der Waals surface area (Å²) in [5.74, 6) is -0.570. The largest absolute Gasteiger partial charge is 0.478 e. The molecule has 0 unspecified atom stereocenters. The first kappa shape index (κ1) is 15.2. The number of rotatable bonds is 4. The van der Waals surface area contributed by atoms with Gasteiger partial charge in [-0.3, -0.25) is 0 Å². The molecule has 0 aliphatic heterocycles. The van der Waals surface area contributed by atoms with E-state index in [9.17, 15) is 9.18 Å². The highest BCUT2D eigenvalue weighted by Gasteiger charge is 2.06. The fourth-order valence-electron chi connectivity index (χ4n) is 1.60. The Balaban J connectivity index is 2.21. The standard InChI is InChI=1S/C15H11BrFNO3/c1-9-6-10(2-5-14(19)20)8-18-15(9)21-11-3-4-13(17)12(16)7-11/h2-8H,1H3,(H,19,20)/b5-2+. The van der Waals surface area contributed by atoms with Crippen LogP contribution in [0.3, 0.4) is 0 Å². The van der Waals surface area contributed by atoms with Crippen LogP contribution in [0.4, 0.5) is 4.39 Å². The fraction of sp³-hybridized carbons (Fsp3) is 0.0667. The van der Waals surface area contributed by atoms with Gasteiger partial charge in [-0.05, 0) is 58.8 Å². The molecular weight excluding hydrogens is 341 g/mol. The molecule has 1 aromatic heterocycles. The highest BCUT2D eigenvalue weighted by molar-refractivity contribution is 9.10. The number of hydrogen-bond donors (Lipinski definition) is 1. The smallest absolute Gasteiger partial charge is 0.328 e. The number of benzene rings is 1. The average molecular weight is 352 g/mol. The third-order valence-corrected chi connectivity index (χ3v) is 3.18. The second-order valence-corrected chi connectivity index (χ2v) is 5.09. The van der Waals surface area contributed by atoms with Gasteiger partial charge in [0.05, 0.1) is 4.47 Å². The number of nitrogens with zero attached hydrogens (tertiary/aromatic N) is 1. The van der Waals surface area contributed by atoms with Gasteiger partial charge in [-0.15, -0.1) is 0 Å². The van der Waals surface area contributed by atoms with E-state index >= 15 is 0 Å². The lowest BCUT2D eigenvalue weighted by molar-refractivity contribution is -0.131. The van der Waals surface area contributed by atoms with Crippen LogP contribution < -0.4 is 4.74 Å². The highest BCUT2D eigenvalue weighted by atomic mass is 79.9. The molecule has 0 saturated heterocycles. The number of aryl methyl sites for hydroxylation is 1. The zero-order chi connectivity index (χ0) is 15.4. The van der Waals surface area contributed by atoms with E-state index in [0.717, 1.165) is 11.6 Å². The molecule has 2 aromatic rings. The minimum absolute atomic E-state index is 0.304. The Labute approximate surface area is 129 Å². The van der Waals surface area contributed by atoms with E-state index < -0.39 is 5.97 Å². The van der Waals surface area contributed by atoms with Gasteiger partial charge in [0.1, 0.15) is 11.6 Å². The molecule has 21 heavy (non-hydrogen) atoms. The zero-order valence-electron chi connectivity index (χ0n) is 11.0. The predicted octanol–water partition coefficient (Wildman–Crippen LogP) is 4.18. The van der Waals surface area contributed by atoms with Crippen molar-refractivity contribution in [2.75, 3.05) is 0 Å². The lowest BCUT2D eigenvalue weighted by Crippen LogP contribution is -1.93. The van der Waals surface area contributed by atoms with Gasteiger partial charge in [-0.25, -0.2) is 14.2 Å². The van der Waals surface area contributed by atoms with Crippen molar-refractivity contribution in [1.82, 2.24) is 4.98 Å². The zero-order valence-corrected chi connectivity index (χ0v) is 12.6. The Morgan fingerprint density at radius 1 is 1.43 bits per heavy atom. The van der Waals surface area contributed by atoms with Crippen molar-refractivity contribution in [3.63, 3.8) is 0 Å². The van der Waals surface area contributed by atoms with Crippen LogP contribution in [0.25, 0.3) is 6.08 Å². The Kier molecular flexibility index (Phi) is 4.70. The van der Waals surface area contributed by atoms with E-state index in [1.54, 1.807) is 13.0 Å². The molecule has 6 heteroatoms. The molecule has 0 saturated carbocycles. The van der Waals surface area contributed by atoms with Crippen LogP contribution in [0.5, 0.6) is 11.6 Å². The molecule has 0 amide bonds. The molecule has 0 atom stereocenters.